The molecule has 0 bridgehead atoms. The summed E-state index contributed by atoms with van der Waals surface area (Å²) in [6.07, 6.45) is -0.990. The summed E-state index contributed by atoms with van der Waals surface area (Å²) < 4.78 is 70.8. The normalized spacial score (nSPS) is 11.7. The maximum atomic E-state index is 13.0. The largest absolute Gasteiger partial charge is 0.497 e. The first-order chi connectivity index (χ1) is 14.7. The Morgan fingerprint density at radius 3 is 2.29 bits per heavy atom. The fraction of sp³-hybridized carbons (Fsp3) is 0.318. The molecule has 0 spiro atoms. The summed E-state index contributed by atoms with van der Waals surface area (Å²) in [5.74, 6) is -3.40. The number of allylic oxidation sites excluding steroid dienone is 1. The fourth-order valence-corrected chi connectivity index (χ4v) is 2.64. The number of methoxy groups -OCH3 is 3. The van der Waals surface area contributed by atoms with Crippen molar-refractivity contribution >= 4 is 11.9 Å². The van der Waals surface area contributed by atoms with Crippen molar-refractivity contribution < 1.29 is 41.3 Å². The third-order valence-corrected chi connectivity index (χ3v) is 4.28. The zero-order valence-corrected chi connectivity index (χ0v) is 17.2. The van der Waals surface area contributed by atoms with E-state index in [0.29, 0.717) is 33.9 Å². The Morgan fingerprint density at radius 1 is 1.00 bits per heavy atom. The van der Waals surface area contributed by atoms with Crippen molar-refractivity contribution in [3.05, 3.63) is 59.2 Å². The van der Waals surface area contributed by atoms with E-state index in [2.05, 4.69) is 0 Å². The van der Waals surface area contributed by atoms with Crippen molar-refractivity contribution in [1.82, 2.24) is 0 Å². The van der Waals surface area contributed by atoms with Gasteiger partial charge in [0.25, 0.3) is 0 Å². The Kier molecular flexibility index (Phi) is 8.44. The van der Waals surface area contributed by atoms with E-state index in [1.165, 1.54) is 33.5 Å². The Balaban J connectivity index is 2.17. The van der Waals surface area contributed by atoms with Gasteiger partial charge in [-0.25, -0.2) is 8.78 Å². The van der Waals surface area contributed by atoms with Gasteiger partial charge in [0.15, 0.2) is 5.78 Å². The van der Waals surface area contributed by atoms with Crippen LogP contribution in [0.2, 0.25) is 0 Å². The first-order valence-corrected chi connectivity index (χ1v) is 9.07. The van der Waals surface area contributed by atoms with Crippen molar-refractivity contribution in [1.29, 1.82) is 0 Å². The summed E-state index contributed by atoms with van der Waals surface area (Å²) in [5, 5.41) is 0. The predicted octanol–water partition coefficient (Wildman–Crippen LogP) is 5.03. The number of rotatable bonds is 11. The molecule has 0 fully saturated rings. The molecule has 0 aliphatic rings. The van der Waals surface area contributed by atoms with Crippen LogP contribution in [-0.2, 0) is 11.3 Å². The Morgan fingerprint density at radius 2 is 1.68 bits per heavy atom. The van der Waals surface area contributed by atoms with Gasteiger partial charge in [-0.1, -0.05) is 12.1 Å². The van der Waals surface area contributed by atoms with Crippen LogP contribution in [0.3, 0.4) is 0 Å². The molecular weight excluding hydrogens is 420 g/mol. The number of benzene rings is 2. The summed E-state index contributed by atoms with van der Waals surface area (Å²) in [5.41, 5.74) is 1.21. The van der Waals surface area contributed by atoms with Crippen LogP contribution in [0.25, 0.3) is 6.08 Å². The second kappa shape index (κ2) is 10.8. The summed E-state index contributed by atoms with van der Waals surface area (Å²) in [4.78, 5) is 12.6. The van der Waals surface area contributed by atoms with E-state index in [4.69, 9.17) is 18.9 Å². The first kappa shape index (κ1) is 24.2. The fourth-order valence-electron chi connectivity index (χ4n) is 2.64. The van der Waals surface area contributed by atoms with Crippen molar-refractivity contribution in [3.8, 4) is 17.2 Å². The van der Waals surface area contributed by atoms with Crippen molar-refractivity contribution in [2.24, 2.45) is 0 Å². The highest BCUT2D eigenvalue weighted by Gasteiger charge is 2.41. The molecule has 0 aromatic heterocycles. The monoisotopic (exact) mass is 442 g/mol. The van der Waals surface area contributed by atoms with E-state index >= 15 is 0 Å². The highest BCUT2D eigenvalue weighted by molar-refractivity contribution is 6.08. The molecule has 0 N–H and O–H groups in total. The van der Waals surface area contributed by atoms with E-state index in [1.807, 2.05) is 0 Å². The average Bonchev–Trinajstić information content (AvgIpc) is 2.76. The molecule has 0 saturated heterocycles. The smallest absolute Gasteiger partial charge is 0.330 e. The van der Waals surface area contributed by atoms with Gasteiger partial charge in [0, 0.05) is 5.56 Å². The quantitative estimate of drug-likeness (QED) is 0.278. The molecule has 0 amide bonds. The first-order valence-electron chi connectivity index (χ1n) is 9.07. The molecule has 0 aliphatic heterocycles. The molecular formula is C22H22F4O5. The Labute approximate surface area is 177 Å². The van der Waals surface area contributed by atoms with E-state index in [9.17, 15) is 22.4 Å². The Hall–Kier alpha value is -3.07. The van der Waals surface area contributed by atoms with E-state index in [0.717, 1.165) is 0 Å². The van der Waals surface area contributed by atoms with Crippen LogP contribution in [0, 0.1) is 0 Å². The third-order valence-electron chi connectivity index (χ3n) is 4.28. The van der Waals surface area contributed by atoms with Crippen molar-refractivity contribution in [3.63, 3.8) is 0 Å². The maximum Gasteiger partial charge on any atom is 0.330 e. The number of ketones is 1. The lowest BCUT2D eigenvalue weighted by molar-refractivity contribution is -0.168. The lowest BCUT2D eigenvalue weighted by atomic mass is 10.1. The van der Waals surface area contributed by atoms with Crippen LogP contribution in [0.5, 0.6) is 17.2 Å². The second-order valence-corrected chi connectivity index (χ2v) is 6.39. The lowest BCUT2D eigenvalue weighted by Gasteiger charge is -2.16. The summed E-state index contributed by atoms with van der Waals surface area (Å²) in [6, 6.07) is 9.56. The van der Waals surface area contributed by atoms with Gasteiger partial charge in [0.05, 0.1) is 33.5 Å². The zero-order valence-electron chi connectivity index (χ0n) is 17.2. The predicted molar refractivity (Wildman–Crippen MR) is 107 cm³/mol. The second-order valence-electron chi connectivity index (χ2n) is 6.39. The summed E-state index contributed by atoms with van der Waals surface area (Å²) >= 11 is 0. The molecule has 2 aromatic carbocycles. The van der Waals surface area contributed by atoms with Gasteiger partial charge in [-0.3, -0.25) is 4.79 Å². The number of hydrogen-bond donors (Lipinski definition) is 0. The molecule has 0 saturated carbocycles. The third kappa shape index (κ3) is 6.45. The SMILES string of the molecule is COc1ccc(OC)c(C(=O)/C=C/c2ccc(OC)c(COCC(F)(F)C(F)F)c2)c1. The highest BCUT2D eigenvalue weighted by Crippen LogP contribution is 2.27. The van der Waals surface area contributed by atoms with E-state index < -0.39 is 19.0 Å². The zero-order chi connectivity index (χ0) is 23.0. The highest BCUT2D eigenvalue weighted by atomic mass is 19.3. The van der Waals surface area contributed by atoms with Crippen LogP contribution in [0.1, 0.15) is 21.5 Å². The minimum atomic E-state index is -4.24. The van der Waals surface area contributed by atoms with Gasteiger partial charge < -0.3 is 18.9 Å². The van der Waals surface area contributed by atoms with Crippen molar-refractivity contribution in [2.75, 3.05) is 27.9 Å². The lowest BCUT2D eigenvalue weighted by Crippen LogP contribution is -2.32. The molecule has 31 heavy (non-hydrogen) atoms. The number of carbonyl (C=O) groups excluding carboxylic acids is 1. The number of ether oxygens (including phenoxy) is 4. The molecule has 9 heteroatoms. The van der Waals surface area contributed by atoms with Gasteiger partial charge in [-0.2, -0.15) is 8.78 Å². The van der Waals surface area contributed by atoms with E-state index in [1.54, 1.807) is 36.4 Å². The molecule has 2 aromatic rings. The van der Waals surface area contributed by atoms with Gasteiger partial charge >= 0.3 is 12.3 Å². The number of halogens is 4. The number of hydrogen-bond acceptors (Lipinski definition) is 5. The topological polar surface area (TPSA) is 54.0 Å². The van der Waals surface area contributed by atoms with Crippen LogP contribution < -0.4 is 14.2 Å². The molecule has 2 rings (SSSR count). The van der Waals surface area contributed by atoms with Crippen LogP contribution in [0.15, 0.2) is 42.5 Å². The molecule has 5 nitrogen and oxygen atoms in total. The standard InChI is InChI=1S/C22H22F4O5/c1-28-16-6-9-20(30-3)17(11-16)18(27)7-4-14-5-8-19(29-2)15(10-14)12-31-13-22(25,26)21(23)24/h4-11,21H,12-13H2,1-3H3/b7-4+. The van der Waals surface area contributed by atoms with Crippen molar-refractivity contribution in [2.45, 2.75) is 19.0 Å². The molecule has 0 aliphatic carbocycles. The number of carbonyl (C=O) groups is 1. The minimum Gasteiger partial charge on any atom is -0.497 e. The van der Waals surface area contributed by atoms with Gasteiger partial charge in [-0.15, -0.1) is 0 Å². The average molecular weight is 442 g/mol. The van der Waals surface area contributed by atoms with Crippen LogP contribution >= 0.6 is 0 Å². The molecule has 168 valence electrons. The van der Waals surface area contributed by atoms with Crippen LogP contribution in [-0.4, -0.2) is 46.1 Å². The summed E-state index contributed by atoms with van der Waals surface area (Å²) in [7, 11) is 4.29. The molecule has 0 atom stereocenters. The van der Waals surface area contributed by atoms with Gasteiger partial charge in [0.1, 0.15) is 23.9 Å². The van der Waals surface area contributed by atoms with E-state index in [-0.39, 0.29) is 12.4 Å². The van der Waals surface area contributed by atoms with Crippen LogP contribution in [0.4, 0.5) is 17.6 Å². The maximum absolute atomic E-state index is 13.0. The van der Waals surface area contributed by atoms with Gasteiger partial charge in [0.2, 0.25) is 0 Å². The minimum absolute atomic E-state index is 0.296. The molecule has 0 unspecified atom stereocenters. The molecule has 0 heterocycles. The number of alkyl halides is 4. The molecule has 0 radical (unpaired) electrons. The Bertz CT molecular complexity index is 928. The van der Waals surface area contributed by atoms with Gasteiger partial charge in [-0.05, 0) is 42.0 Å². The summed E-state index contributed by atoms with van der Waals surface area (Å²) in [6.45, 7) is -1.80.